The summed E-state index contributed by atoms with van der Waals surface area (Å²) >= 11 is 6.98. The van der Waals surface area contributed by atoms with E-state index >= 15 is 0 Å². The lowest BCUT2D eigenvalue weighted by molar-refractivity contribution is 0.419. The molecule has 2 nitrogen and oxygen atoms in total. The van der Waals surface area contributed by atoms with Gasteiger partial charge in [0.1, 0.15) is 5.75 Å². The Bertz CT molecular complexity index is 615. The van der Waals surface area contributed by atoms with Gasteiger partial charge in [0.15, 0.2) is 0 Å². The van der Waals surface area contributed by atoms with Crippen molar-refractivity contribution in [2.75, 3.05) is 0 Å². The highest BCUT2D eigenvalue weighted by atomic mass is 79.9. The lowest BCUT2D eigenvalue weighted by Crippen LogP contribution is -2.24. The molecule has 0 saturated carbocycles. The maximum Gasteiger partial charge on any atom is 0.120 e. The number of phenols is 1. The number of hydrogen-bond acceptors (Lipinski definition) is 2. The topological polar surface area (TPSA) is 32.3 Å². The Balaban J connectivity index is 2.20. The van der Waals surface area contributed by atoms with Crippen molar-refractivity contribution in [1.29, 1.82) is 0 Å². The highest BCUT2D eigenvalue weighted by Gasteiger charge is 2.17. The molecule has 0 spiro atoms. The summed E-state index contributed by atoms with van der Waals surface area (Å²) in [6, 6.07) is 14.1. The molecule has 2 aromatic rings. The minimum atomic E-state index is 0.108. The molecule has 0 heterocycles. The molecule has 112 valence electrons. The highest BCUT2D eigenvalue weighted by molar-refractivity contribution is 9.10. The Labute approximate surface area is 142 Å². The molecule has 0 aliphatic heterocycles. The Kier molecular flexibility index (Phi) is 5.85. The lowest BCUT2D eigenvalue weighted by Gasteiger charge is -2.24. The molecule has 2 N–H and O–H groups in total. The van der Waals surface area contributed by atoms with Gasteiger partial charge in [0.25, 0.3) is 0 Å². The Morgan fingerprint density at radius 1 is 1.10 bits per heavy atom. The van der Waals surface area contributed by atoms with Crippen LogP contribution in [0.15, 0.2) is 51.4 Å². The molecule has 0 amide bonds. The maximum absolute atomic E-state index is 10.1. The average molecular weight is 413 g/mol. The van der Waals surface area contributed by atoms with Crippen LogP contribution in [0.25, 0.3) is 0 Å². The Morgan fingerprint density at radius 2 is 1.81 bits per heavy atom. The third-order valence-corrected chi connectivity index (χ3v) is 4.56. The van der Waals surface area contributed by atoms with Crippen LogP contribution in [0.4, 0.5) is 0 Å². The van der Waals surface area contributed by atoms with E-state index in [0.29, 0.717) is 5.75 Å². The van der Waals surface area contributed by atoms with Crippen molar-refractivity contribution in [1.82, 2.24) is 5.32 Å². The quantitative estimate of drug-likeness (QED) is 0.658. The van der Waals surface area contributed by atoms with Crippen LogP contribution in [0.1, 0.15) is 43.5 Å². The van der Waals surface area contributed by atoms with E-state index in [1.54, 1.807) is 6.07 Å². The average Bonchev–Trinajstić information content (AvgIpc) is 2.47. The molecule has 0 fully saturated rings. The van der Waals surface area contributed by atoms with Crippen LogP contribution in [0, 0.1) is 0 Å². The number of phenolic OH excluding ortho intramolecular Hbond substituents is 1. The van der Waals surface area contributed by atoms with E-state index < -0.39 is 0 Å². The van der Waals surface area contributed by atoms with Crippen molar-refractivity contribution in [3.8, 4) is 5.75 Å². The van der Waals surface area contributed by atoms with E-state index in [4.69, 9.17) is 0 Å². The summed E-state index contributed by atoms with van der Waals surface area (Å²) < 4.78 is 2.05. The molecule has 0 aromatic heterocycles. The number of rotatable bonds is 5. The SMILES string of the molecule is CCC(N[C@@H](C)c1cccc(Br)c1)c1cc(Br)ccc1O. The molecule has 2 aromatic carbocycles. The minimum Gasteiger partial charge on any atom is -0.508 e. The van der Waals surface area contributed by atoms with Gasteiger partial charge in [-0.05, 0) is 49.2 Å². The summed E-state index contributed by atoms with van der Waals surface area (Å²) in [7, 11) is 0. The van der Waals surface area contributed by atoms with Crippen molar-refractivity contribution in [3.05, 3.63) is 62.5 Å². The van der Waals surface area contributed by atoms with Crippen LogP contribution in [-0.4, -0.2) is 5.11 Å². The molecule has 0 saturated heterocycles. The van der Waals surface area contributed by atoms with Crippen LogP contribution < -0.4 is 5.32 Å². The molecular weight excluding hydrogens is 394 g/mol. The normalized spacial score (nSPS) is 13.9. The van der Waals surface area contributed by atoms with Crippen LogP contribution in [0.3, 0.4) is 0 Å². The van der Waals surface area contributed by atoms with Gasteiger partial charge < -0.3 is 10.4 Å². The molecule has 21 heavy (non-hydrogen) atoms. The monoisotopic (exact) mass is 411 g/mol. The number of aromatic hydroxyl groups is 1. The van der Waals surface area contributed by atoms with E-state index in [2.05, 4.69) is 63.2 Å². The van der Waals surface area contributed by atoms with E-state index in [1.165, 1.54) is 5.56 Å². The fourth-order valence-corrected chi connectivity index (χ4v) is 3.20. The summed E-state index contributed by atoms with van der Waals surface area (Å²) in [6.07, 6.45) is 0.905. The van der Waals surface area contributed by atoms with E-state index in [-0.39, 0.29) is 12.1 Å². The van der Waals surface area contributed by atoms with Crippen LogP contribution in [0.5, 0.6) is 5.75 Å². The first-order chi connectivity index (χ1) is 10.0. The maximum atomic E-state index is 10.1. The van der Waals surface area contributed by atoms with Crippen molar-refractivity contribution in [2.45, 2.75) is 32.4 Å². The van der Waals surface area contributed by atoms with Crippen molar-refractivity contribution in [2.24, 2.45) is 0 Å². The second kappa shape index (κ2) is 7.43. The zero-order valence-electron chi connectivity index (χ0n) is 12.1. The second-order valence-corrected chi connectivity index (χ2v) is 6.94. The van der Waals surface area contributed by atoms with Gasteiger partial charge in [-0.2, -0.15) is 0 Å². The summed E-state index contributed by atoms with van der Waals surface area (Å²) in [5.74, 6) is 0.332. The second-order valence-electron chi connectivity index (χ2n) is 5.11. The Hall–Kier alpha value is -0.840. The van der Waals surface area contributed by atoms with E-state index in [0.717, 1.165) is 20.9 Å². The van der Waals surface area contributed by atoms with Gasteiger partial charge in [-0.3, -0.25) is 0 Å². The van der Waals surface area contributed by atoms with Gasteiger partial charge in [-0.15, -0.1) is 0 Å². The van der Waals surface area contributed by atoms with E-state index in [9.17, 15) is 5.11 Å². The first-order valence-corrected chi connectivity index (χ1v) is 8.59. The molecule has 0 aliphatic carbocycles. The number of benzene rings is 2. The number of hydrogen-bond donors (Lipinski definition) is 2. The van der Waals surface area contributed by atoms with Crippen molar-refractivity contribution in [3.63, 3.8) is 0 Å². The molecule has 4 heteroatoms. The third kappa shape index (κ3) is 4.31. The molecule has 1 unspecified atom stereocenters. The first kappa shape index (κ1) is 16.5. The largest absolute Gasteiger partial charge is 0.508 e. The summed E-state index contributed by atoms with van der Waals surface area (Å²) in [4.78, 5) is 0. The molecule has 2 atom stereocenters. The Morgan fingerprint density at radius 3 is 2.48 bits per heavy atom. The predicted octanol–water partition coefficient (Wildman–Crippen LogP) is 5.72. The van der Waals surface area contributed by atoms with Gasteiger partial charge in [-0.25, -0.2) is 0 Å². The zero-order chi connectivity index (χ0) is 15.4. The third-order valence-electron chi connectivity index (χ3n) is 3.57. The lowest BCUT2D eigenvalue weighted by atomic mass is 10.0. The predicted molar refractivity (Wildman–Crippen MR) is 94.5 cm³/mol. The molecule has 0 radical (unpaired) electrons. The smallest absolute Gasteiger partial charge is 0.120 e. The van der Waals surface area contributed by atoms with Gasteiger partial charge in [0.2, 0.25) is 0 Å². The zero-order valence-corrected chi connectivity index (χ0v) is 15.3. The van der Waals surface area contributed by atoms with Crippen LogP contribution in [-0.2, 0) is 0 Å². The highest BCUT2D eigenvalue weighted by Crippen LogP contribution is 2.31. The first-order valence-electron chi connectivity index (χ1n) is 7.01. The molecule has 0 aliphatic rings. The van der Waals surface area contributed by atoms with Gasteiger partial charge in [-0.1, -0.05) is 50.9 Å². The van der Waals surface area contributed by atoms with Crippen LogP contribution in [0.2, 0.25) is 0 Å². The number of nitrogens with one attached hydrogen (secondary N) is 1. The standard InChI is InChI=1S/C17H19Br2NO/c1-3-16(15-10-14(19)7-8-17(15)21)20-11(2)12-5-4-6-13(18)9-12/h4-11,16,20-21H,3H2,1-2H3/t11-,16?/m0/s1. The summed E-state index contributed by atoms with van der Waals surface area (Å²) in [6.45, 7) is 4.26. The van der Waals surface area contributed by atoms with Crippen molar-refractivity contribution >= 4 is 31.9 Å². The summed E-state index contributed by atoms with van der Waals surface area (Å²) in [5.41, 5.74) is 2.14. The fourth-order valence-electron chi connectivity index (χ4n) is 2.41. The summed E-state index contributed by atoms with van der Waals surface area (Å²) in [5, 5.41) is 13.7. The minimum absolute atomic E-state index is 0.108. The van der Waals surface area contributed by atoms with Crippen LogP contribution >= 0.6 is 31.9 Å². The van der Waals surface area contributed by atoms with E-state index in [1.807, 2.05) is 24.3 Å². The molecule has 0 bridgehead atoms. The van der Waals surface area contributed by atoms with Gasteiger partial charge >= 0.3 is 0 Å². The molecular formula is C17H19Br2NO. The van der Waals surface area contributed by atoms with Gasteiger partial charge in [0, 0.05) is 26.6 Å². The number of halogens is 2. The van der Waals surface area contributed by atoms with Crippen molar-refractivity contribution < 1.29 is 5.11 Å². The fraction of sp³-hybridized carbons (Fsp3) is 0.294. The van der Waals surface area contributed by atoms with Gasteiger partial charge in [0.05, 0.1) is 0 Å². The molecule has 2 rings (SSSR count).